The minimum absolute atomic E-state index is 0.102. The standard InChI is InChI=1S/C21H26N4O3S2/c1-14-4-6-15(7-5-14)11-22-20(28)13-30-21-24-16(10-19(27)25-21)9-18(26)23-12-17-3-2-8-29-17/h2-8,16,21,24H,9-13H2,1H3,(H,22,28)(H,23,26)(H,25,27). The van der Waals surface area contributed by atoms with E-state index in [1.807, 2.05) is 48.7 Å². The molecule has 2 unspecified atom stereocenters. The molecular formula is C21H26N4O3S2. The van der Waals surface area contributed by atoms with E-state index in [9.17, 15) is 14.4 Å². The number of hydrogen-bond donors (Lipinski definition) is 4. The van der Waals surface area contributed by atoms with Crippen LogP contribution in [0.1, 0.15) is 28.8 Å². The second-order valence-electron chi connectivity index (χ2n) is 7.15. The molecule has 1 aliphatic rings. The lowest BCUT2D eigenvalue weighted by molar-refractivity contribution is -0.125. The van der Waals surface area contributed by atoms with E-state index in [0.717, 1.165) is 10.4 Å². The molecule has 0 bridgehead atoms. The molecule has 1 aliphatic heterocycles. The Labute approximate surface area is 184 Å². The van der Waals surface area contributed by atoms with Crippen LogP contribution in [-0.4, -0.2) is 35.0 Å². The van der Waals surface area contributed by atoms with Gasteiger partial charge in [-0.1, -0.05) is 35.9 Å². The predicted octanol–water partition coefficient (Wildman–Crippen LogP) is 1.87. The van der Waals surface area contributed by atoms with Crippen molar-refractivity contribution in [2.45, 2.75) is 44.4 Å². The highest BCUT2D eigenvalue weighted by atomic mass is 32.2. The van der Waals surface area contributed by atoms with Gasteiger partial charge in [0.2, 0.25) is 17.7 Å². The van der Waals surface area contributed by atoms with Gasteiger partial charge in [0.05, 0.1) is 12.3 Å². The van der Waals surface area contributed by atoms with Gasteiger partial charge in [0.15, 0.2) is 0 Å². The molecule has 2 atom stereocenters. The lowest BCUT2D eigenvalue weighted by atomic mass is 10.1. The molecule has 9 heteroatoms. The zero-order chi connectivity index (χ0) is 21.3. The van der Waals surface area contributed by atoms with Crippen molar-refractivity contribution >= 4 is 40.8 Å². The average Bonchev–Trinajstić information content (AvgIpc) is 3.24. The first-order valence-electron chi connectivity index (χ1n) is 9.76. The zero-order valence-electron chi connectivity index (χ0n) is 16.8. The zero-order valence-corrected chi connectivity index (χ0v) is 18.4. The monoisotopic (exact) mass is 446 g/mol. The molecule has 4 N–H and O–H groups in total. The van der Waals surface area contributed by atoms with Crippen molar-refractivity contribution in [3.8, 4) is 0 Å². The van der Waals surface area contributed by atoms with E-state index >= 15 is 0 Å². The molecule has 1 saturated heterocycles. The van der Waals surface area contributed by atoms with Crippen molar-refractivity contribution in [1.29, 1.82) is 0 Å². The van der Waals surface area contributed by atoms with Gasteiger partial charge in [-0.25, -0.2) is 0 Å². The van der Waals surface area contributed by atoms with E-state index < -0.39 is 5.50 Å². The van der Waals surface area contributed by atoms with E-state index in [4.69, 9.17) is 0 Å². The number of carbonyl (C=O) groups excluding carboxylic acids is 3. The number of thiophene rings is 1. The van der Waals surface area contributed by atoms with Crippen LogP contribution in [0.3, 0.4) is 0 Å². The fourth-order valence-corrected chi connectivity index (χ4v) is 4.54. The third-order valence-corrected chi connectivity index (χ3v) is 6.47. The largest absolute Gasteiger partial charge is 0.351 e. The van der Waals surface area contributed by atoms with Crippen molar-refractivity contribution in [1.82, 2.24) is 21.3 Å². The average molecular weight is 447 g/mol. The lowest BCUT2D eigenvalue weighted by Gasteiger charge is -2.30. The van der Waals surface area contributed by atoms with Crippen LogP contribution in [-0.2, 0) is 27.5 Å². The second kappa shape index (κ2) is 11.1. The fourth-order valence-electron chi connectivity index (χ4n) is 2.98. The molecule has 3 rings (SSSR count). The number of rotatable bonds is 9. The molecule has 0 spiro atoms. The predicted molar refractivity (Wildman–Crippen MR) is 120 cm³/mol. The van der Waals surface area contributed by atoms with E-state index in [-0.39, 0.29) is 42.4 Å². The van der Waals surface area contributed by atoms with Gasteiger partial charge in [-0.15, -0.1) is 23.1 Å². The van der Waals surface area contributed by atoms with E-state index in [1.54, 1.807) is 11.3 Å². The molecule has 0 saturated carbocycles. The summed E-state index contributed by atoms with van der Waals surface area (Å²) in [5.74, 6) is -0.119. The van der Waals surface area contributed by atoms with Crippen LogP contribution in [0.5, 0.6) is 0 Å². The second-order valence-corrected chi connectivity index (χ2v) is 9.27. The molecule has 2 heterocycles. The summed E-state index contributed by atoms with van der Waals surface area (Å²) in [4.78, 5) is 37.4. The number of hydrogen-bond acceptors (Lipinski definition) is 6. The molecule has 30 heavy (non-hydrogen) atoms. The topological polar surface area (TPSA) is 99.3 Å². The Balaban J connectivity index is 1.37. The summed E-state index contributed by atoms with van der Waals surface area (Å²) in [5.41, 5.74) is 1.82. The Morgan fingerprint density at radius 1 is 1.13 bits per heavy atom. The molecule has 0 radical (unpaired) electrons. The van der Waals surface area contributed by atoms with Crippen LogP contribution in [0.4, 0.5) is 0 Å². The molecule has 160 valence electrons. The Morgan fingerprint density at radius 2 is 1.90 bits per heavy atom. The first-order valence-corrected chi connectivity index (χ1v) is 11.7. The van der Waals surface area contributed by atoms with Gasteiger partial charge in [0, 0.05) is 30.3 Å². The highest BCUT2D eigenvalue weighted by Crippen LogP contribution is 2.14. The van der Waals surface area contributed by atoms with Crippen LogP contribution >= 0.6 is 23.1 Å². The van der Waals surface area contributed by atoms with E-state index in [1.165, 1.54) is 17.3 Å². The Hall–Kier alpha value is -2.36. The highest BCUT2D eigenvalue weighted by molar-refractivity contribution is 8.00. The van der Waals surface area contributed by atoms with E-state index in [0.29, 0.717) is 13.1 Å². The van der Waals surface area contributed by atoms with Crippen molar-refractivity contribution < 1.29 is 14.4 Å². The number of aryl methyl sites for hydroxylation is 1. The Morgan fingerprint density at radius 3 is 2.63 bits per heavy atom. The third-order valence-electron chi connectivity index (χ3n) is 4.57. The quantitative estimate of drug-likeness (QED) is 0.471. The lowest BCUT2D eigenvalue weighted by Crippen LogP contribution is -2.56. The van der Waals surface area contributed by atoms with Crippen molar-refractivity contribution in [3.63, 3.8) is 0 Å². The molecule has 0 aliphatic carbocycles. The number of thioether (sulfide) groups is 1. The van der Waals surface area contributed by atoms with Gasteiger partial charge in [0.1, 0.15) is 5.50 Å². The molecule has 1 aromatic heterocycles. The summed E-state index contributed by atoms with van der Waals surface area (Å²) in [5, 5.41) is 13.8. The Kier molecular flexibility index (Phi) is 8.30. The van der Waals surface area contributed by atoms with Gasteiger partial charge in [0.25, 0.3) is 0 Å². The summed E-state index contributed by atoms with van der Waals surface area (Å²) in [6.45, 7) is 2.98. The highest BCUT2D eigenvalue weighted by Gasteiger charge is 2.28. The van der Waals surface area contributed by atoms with Gasteiger partial charge in [-0.05, 0) is 23.9 Å². The van der Waals surface area contributed by atoms with Gasteiger partial charge in [-0.3, -0.25) is 19.7 Å². The molecule has 1 fully saturated rings. The SMILES string of the molecule is Cc1ccc(CNC(=O)CSC2NC(=O)CC(CC(=O)NCc3cccs3)N2)cc1. The van der Waals surface area contributed by atoms with Crippen LogP contribution in [0.15, 0.2) is 41.8 Å². The van der Waals surface area contributed by atoms with Gasteiger partial charge in [-0.2, -0.15) is 0 Å². The van der Waals surface area contributed by atoms with Crippen molar-refractivity contribution in [3.05, 3.63) is 57.8 Å². The van der Waals surface area contributed by atoms with Crippen molar-refractivity contribution in [2.24, 2.45) is 0 Å². The smallest absolute Gasteiger partial charge is 0.230 e. The van der Waals surface area contributed by atoms with Gasteiger partial charge >= 0.3 is 0 Å². The first kappa shape index (κ1) is 22.3. The minimum atomic E-state index is -0.397. The maximum Gasteiger partial charge on any atom is 0.230 e. The van der Waals surface area contributed by atoms with E-state index in [2.05, 4.69) is 21.3 Å². The molecular weight excluding hydrogens is 420 g/mol. The van der Waals surface area contributed by atoms with Crippen LogP contribution in [0.25, 0.3) is 0 Å². The minimum Gasteiger partial charge on any atom is -0.351 e. The third kappa shape index (κ3) is 7.47. The Bertz CT molecular complexity index is 856. The fraction of sp³-hybridized carbons (Fsp3) is 0.381. The van der Waals surface area contributed by atoms with Crippen LogP contribution < -0.4 is 21.3 Å². The summed E-state index contributed by atoms with van der Waals surface area (Å²) in [7, 11) is 0. The molecule has 3 amide bonds. The molecule has 7 nitrogen and oxygen atoms in total. The normalized spacial score (nSPS) is 18.5. The molecule has 2 aromatic rings. The number of benzene rings is 1. The summed E-state index contributed by atoms with van der Waals surface area (Å²) in [6.07, 6.45) is 0.457. The van der Waals surface area contributed by atoms with Crippen LogP contribution in [0.2, 0.25) is 0 Å². The molecule has 1 aromatic carbocycles. The summed E-state index contributed by atoms with van der Waals surface area (Å²) < 4.78 is 0. The van der Waals surface area contributed by atoms with Gasteiger partial charge < -0.3 is 16.0 Å². The van der Waals surface area contributed by atoms with Crippen molar-refractivity contribution in [2.75, 3.05) is 5.75 Å². The number of amides is 3. The number of carbonyl (C=O) groups is 3. The van der Waals surface area contributed by atoms with Crippen LogP contribution in [0, 0.1) is 6.92 Å². The first-order chi connectivity index (χ1) is 14.5. The maximum atomic E-state index is 12.2. The number of nitrogens with one attached hydrogen (secondary N) is 4. The summed E-state index contributed by atoms with van der Waals surface area (Å²) >= 11 is 2.89. The summed E-state index contributed by atoms with van der Waals surface area (Å²) in [6, 6.07) is 11.6. The maximum absolute atomic E-state index is 12.2.